The van der Waals surface area contributed by atoms with E-state index in [1.54, 1.807) is 0 Å². The molecular weight excluding hydrogens is 415 g/mol. The summed E-state index contributed by atoms with van der Waals surface area (Å²) in [6, 6.07) is 6.84. The minimum atomic E-state index is 0. The average Bonchev–Trinajstić information content (AvgIpc) is 2.75. The van der Waals surface area contributed by atoms with Gasteiger partial charge in [-0.15, -0.1) is 24.8 Å². The van der Waals surface area contributed by atoms with E-state index < -0.39 is 0 Å². The fourth-order valence-electron chi connectivity index (χ4n) is 5.38. The summed E-state index contributed by atoms with van der Waals surface area (Å²) in [5.74, 6) is 2.02. The van der Waals surface area contributed by atoms with Crippen LogP contribution in [0.3, 0.4) is 0 Å². The molecule has 1 saturated carbocycles. The number of benzene rings is 1. The normalized spacial score (nSPS) is 20.7. The van der Waals surface area contributed by atoms with E-state index >= 15 is 0 Å². The summed E-state index contributed by atoms with van der Waals surface area (Å²) in [6.07, 6.45) is 15.1. The van der Waals surface area contributed by atoms with Gasteiger partial charge in [0.05, 0.1) is 6.61 Å². The molecule has 4 rings (SSSR count). The molecule has 0 unspecified atom stereocenters. The van der Waals surface area contributed by atoms with Crippen molar-refractivity contribution in [3.63, 3.8) is 0 Å². The van der Waals surface area contributed by atoms with Crippen molar-refractivity contribution < 1.29 is 4.74 Å². The fourth-order valence-corrected chi connectivity index (χ4v) is 5.38. The highest BCUT2D eigenvalue weighted by molar-refractivity contribution is 5.85. The van der Waals surface area contributed by atoms with E-state index in [2.05, 4.69) is 28.0 Å². The van der Waals surface area contributed by atoms with Gasteiger partial charge in [0.1, 0.15) is 5.75 Å². The molecule has 2 aliphatic heterocycles. The zero-order valence-corrected chi connectivity index (χ0v) is 20.3. The third-order valence-corrected chi connectivity index (χ3v) is 7.10. The number of likely N-dealkylation sites (tertiary alicyclic amines) is 1. The molecule has 0 N–H and O–H groups in total. The molecule has 0 aromatic heterocycles. The van der Waals surface area contributed by atoms with Crippen LogP contribution in [0.5, 0.6) is 5.75 Å². The van der Waals surface area contributed by atoms with Crippen LogP contribution in [0.15, 0.2) is 18.2 Å². The van der Waals surface area contributed by atoms with Crippen LogP contribution < -0.4 is 4.74 Å². The molecule has 1 saturated heterocycles. The monoisotopic (exact) mass is 456 g/mol. The zero-order chi connectivity index (χ0) is 19.0. The van der Waals surface area contributed by atoms with E-state index in [1.165, 1.54) is 114 Å². The van der Waals surface area contributed by atoms with Crippen molar-refractivity contribution in [3.05, 3.63) is 29.3 Å². The Morgan fingerprint density at radius 2 is 1.57 bits per heavy atom. The Labute approximate surface area is 196 Å². The summed E-state index contributed by atoms with van der Waals surface area (Å²) >= 11 is 0. The van der Waals surface area contributed by atoms with Gasteiger partial charge in [-0.2, -0.15) is 0 Å². The van der Waals surface area contributed by atoms with Crippen molar-refractivity contribution in [3.8, 4) is 5.75 Å². The second-order valence-electron chi connectivity index (χ2n) is 9.38. The lowest BCUT2D eigenvalue weighted by Crippen LogP contribution is -2.35. The molecule has 1 aromatic carbocycles. The fraction of sp³-hybridized carbons (Fsp3) is 0.760. The van der Waals surface area contributed by atoms with Crippen molar-refractivity contribution in [1.29, 1.82) is 0 Å². The van der Waals surface area contributed by atoms with E-state index in [4.69, 9.17) is 4.74 Å². The molecule has 0 amide bonds. The van der Waals surface area contributed by atoms with Gasteiger partial charge in [-0.05, 0) is 93.8 Å². The second kappa shape index (κ2) is 13.8. The molecule has 30 heavy (non-hydrogen) atoms. The number of rotatable bonds is 8. The molecule has 2 heterocycles. The van der Waals surface area contributed by atoms with Crippen LogP contribution in [0.1, 0.15) is 75.3 Å². The molecule has 2 fully saturated rings. The van der Waals surface area contributed by atoms with E-state index in [-0.39, 0.29) is 24.8 Å². The zero-order valence-electron chi connectivity index (χ0n) is 18.7. The summed E-state index contributed by atoms with van der Waals surface area (Å²) in [5, 5.41) is 0. The number of hydrogen-bond acceptors (Lipinski definition) is 3. The summed E-state index contributed by atoms with van der Waals surface area (Å²) in [4.78, 5) is 5.32. The first-order valence-electron chi connectivity index (χ1n) is 12.1. The molecule has 172 valence electrons. The van der Waals surface area contributed by atoms with Gasteiger partial charge in [0.25, 0.3) is 0 Å². The highest BCUT2D eigenvalue weighted by atomic mass is 35.5. The second-order valence-corrected chi connectivity index (χ2v) is 9.38. The van der Waals surface area contributed by atoms with Gasteiger partial charge in [-0.1, -0.05) is 31.7 Å². The first-order chi connectivity index (χ1) is 13.9. The van der Waals surface area contributed by atoms with E-state index in [0.29, 0.717) is 0 Å². The van der Waals surface area contributed by atoms with E-state index in [1.807, 2.05) is 0 Å². The van der Waals surface area contributed by atoms with Crippen LogP contribution in [0.2, 0.25) is 0 Å². The van der Waals surface area contributed by atoms with Gasteiger partial charge >= 0.3 is 0 Å². The van der Waals surface area contributed by atoms with Crippen LogP contribution in [0, 0.1) is 5.92 Å². The van der Waals surface area contributed by atoms with Gasteiger partial charge in [0, 0.05) is 19.6 Å². The van der Waals surface area contributed by atoms with E-state index in [9.17, 15) is 0 Å². The van der Waals surface area contributed by atoms with Gasteiger partial charge in [0.15, 0.2) is 0 Å². The topological polar surface area (TPSA) is 15.7 Å². The highest BCUT2D eigenvalue weighted by Gasteiger charge is 2.21. The maximum absolute atomic E-state index is 6.11. The molecule has 3 nitrogen and oxygen atoms in total. The maximum Gasteiger partial charge on any atom is 0.119 e. The molecule has 0 atom stereocenters. The lowest BCUT2D eigenvalue weighted by molar-refractivity contribution is 0.186. The first-order valence-corrected chi connectivity index (χ1v) is 12.1. The Bertz CT molecular complexity index is 601. The quantitative estimate of drug-likeness (QED) is 0.438. The summed E-state index contributed by atoms with van der Waals surface area (Å²) in [7, 11) is 0. The van der Waals surface area contributed by atoms with Gasteiger partial charge in [-0.3, -0.25) is 4.90 Å². The maximum atomic E-state index is 6.11. The highest BCUT2D eigenvalue weighted by Crippen LogP contribution is 2.28. The van der Waals surface area contributed by atoms with Gasteiger partial charge in [0.2, 0.25) is 0 Å². The Morgan fingerprint density at radius 3 is 2.37 bits per heavy atom. The Balaban J connectivity index is 0.00000160. The molecule has 0 bridgehead atoms. The predicted molar refractivity (Wildman–Crippen MR) is 132 cm³/mol. The van der Waals surface area contributed by atoms with Crippen molar-refractivity contribution in [1.82, 2.24) is 9.80 Å². The van der Waals surface area contributed by atoms with Crippen LogP contribution in [0.4, 0.5) is 0 Å². The summed E-state index contributed by atoms with van der Waals surface area (Å²) in [6.45, 7) is 8.40. The molecule has 5 heteroatoms. The molecular formula is C25H42Cl2N2O. The first kappa shape index (κ1) is 25.8. The number of ether oxygens (including phenoxy) is 1. The minimum absolute atomic E-state index is 0. The number of piperidine rings is 1. The van der Waals surface area contributed by atoms with Crippen LogP contribution in [-0.4, -0.2) is 49.1 Å². The van der Waals surface area contributed by atoms with Crippen molar-refractivity contribution in [2.24, 2.45) is 5.92 Å². The summed E-state index contributed by atoms with van der Waals surface area (Å²) < 4.78 is 6.11. The van der Waals surface area contributed by atoms with Crippen LogP contribution >= 0.6 is 24.8 Å². The smallest absolute Gasteiger partial charge is 0.119 e. The largest absolute Gasteiger partial charge is 0.494 e. The van der Waals surface area contributed by atoms with Gasteiger partial charge < -0.3 is 9.64 Å². The Kier molecular flexibility index (Phi) is 11.9. The van der Waals surface area contributed by atoms with Crippen LogP contribution in [-0.2, 0) is 13.0 Å². The molecule has 0 radical (unpaired) electrons. The molecule has 0 spiro atoms. The van der Waals surface area contributed by atoms with Crippen molar-refractivity contribution >= 4 is 24.8 Å². The third-order valence-electron chi connectivity index (χ3n) is 7.10. The molecule has 1 aromatic rings. The minimum Gasteiger partial charge on any atom is -0.494 e. The molecule has 1 aliphatic carbocycles. The summed E-state index contributed by atoms with van der Waals surface area (Å²) in [5.41, 5.74) is 3.05. The number of unbranched alkanes of at least 4 members (excludes halogenated alkanes) is 1. The number of halogens is 2. The van der Waals surface area contributed by atoms with Gasteiger partial charge in [-0.25, -0.2) is 0 Å². The van der Waals surface area contributed by atoms with E-state index in [0.717, 1.165) is 24.8 Å². The van der Waals surface area contributed by atoms with Crippen molar-refractivity contribution in [2.75, 3.05) is 39.3 Å². The predicted octanol–water partition coefficient (Wildman–Crippen LogP) is 6.11. The van der Waals surface area contributed by atoms with Crippen molar-refractivity contribution in [2.45, 2.75) is 77.2 Å². The van der Waals surface area contributed by atoms with Crippen LogP contribution in [0.25, 0.3) is 0 Å². The molecule has 3 aliphatic rings. The average molecular weight is 458 g/mol. The standard InChI is InChI=1S/C25H40N2O.2ClH/c1-3-9-22(10-4-1)20-27-17-13-23-11-12-25(19-24(23)21-27)28-18-8-7-16-26-14-5-2-6-15-26;;/h11-12,19,22H,1-10,13-18,20-21H2;2*1H. The lowest BCUT2D eigenvalue weighted by atomic mass is 9.88. The SMILES string of the molecule is Cl.Cl.c1cc2c(cc1OCCCCN1CCCCC1)CN(CC1CCCCC1)CC2. The Hall–Kier alpha value is -0.480. The number of hydrogen-bond donors (Lipinski definition) is 0. The third kappa shape index (κ3) is 7.89. The Morgan fingerprint density at radius 1 is 0.800 bits per heavy atom. The number of fused-ring (bicyclic) bond motifs is 1. The number of nitrogens with zero attached hydrogens (tertiary/aromatic N) is 2. The lowest BCUT2D eigenvalue weighted by Gasteiger charge is -2.33.